The summed E-state index contributed by atoms with van der Waals surface area (Å²) in [6.45, 7) is 11.0. The molecule has 0 aromatic carbocycles. The maximum absolute atomic E-state index is 12.0. The van der Waals surface area contributed by atoms with Crippen molar-refractivity contribution in [3.8, 4) is 0 Å². The molecule has 0 aliphatic carbocycles. The Morgan fingerprint density at radius 3 is 2.61 bits per heavy atom. The van der Waals surface area contributed by atoms with E-state index >= 15 is 0 Å². The summed E-state index contributed by atoms with van der Waals surface area (Å²) in [5.74, 6) is 1.17. The highest BCUT2D eigenvalue weighted by Gasteiger charge is 2.28. The molecule has 4 nitrogen and oxygen atoms in total. The summed E-state index contributed by atoms with van der Waals surface area (Å²) in [5.41, 5.74) is 5.98. The van der Waals surface area contributed by atoms with E-state index in [-0.39, 0.29) is 18.0 Å². The Morgan fingerprint density at radius 2 is 2.06 bits per heavy atom. The molecule has 4 heteroatoms. The minimum absolute atomic E-state index is 0.0368. The number of piperidine rings is 1. The largest absolute Gasteiger partial charge is 0.354 e. The van der Waals surface area contributed by atoms with Crippen molar-refractivity contribution in [2.75, 3.05) is 19.6 Å². The maximum atomic E-state index is 12.0. The number of nitrogens with one attached hydrogen (secondary N) is 1. The summed E-state index contributed by atoms with van der Waals surface area (Å²) in [6.07, 6.45) is 2.34. The Bertz CT molecular complexity index is 266. The van der Waals surface area contributed by atoms with Crippen LogP contribution < -0.4 is 11.1 Å². The van der Waals surface area contributed by atoms with E-state index in [9.17, 15) is 4.79 Å². The van der Waals surface area contributed by atoms with E-state index in [1.165, 1.54) is 6.42 Å². The Kier molecular flexibility index (Phi) is 6.09. The highest BCUT2D eigenvalue weighted by molar-refractivity contribution is 5.81. The number of likely N-dealkylation sites (tertiary alicyclic amines) is 1. The van der Waals surface area contributed by atoms with E-state index in [0.29, 0.717) is 11.8 Å². The number of amides is 1. The summed E-state index contributed by atoms with van der Waals surface area (Å²) >= 11 is 0. The fourth-order valence-corrected chi connectivity index (χ4v) is 2.44. The topological polar surface area (TPSA) is 58.4 Å². The third-order valence-corrected chi connectivity index (χ3v) is 3.84. The van der Waals surface area contributed by atoms with Gasteiger partial charge in [-0.1, -0.05) is 13.8 Å². The summed E-state index contributed by atoms with van der Waals surface area (Å²) < 4.78 is 0. The van der Waals surface area contributed by atoms with Gasteiger partial charge in [-0.25, -0.2) is 0 Å². The van der Waals surface area contributed by atoms with Crippen LogP contribution in [-0.2, 0) is 4.79 Å². The van der Waals surface area contributed by atoms with Crippen molar-refractivity contribution in [3.05, 3.63) is 0 Å². The minimum Gasteiger partial charge on any atom is -0.354 e. The fourth-order valence-electron chi connectivity index (χ4n) is 2.44. The second kappa shape index (κ2) is 7.10. The molecule has 1 heterocycles. The number of hydrogen-bond donors (Lipinski definition) is 2. The molecule has 1 saturated heterocycles. The number of carbonyl (C=O) groups excluding carboxylic acids is 1. The fraction of sp³-hybridized carbons (Fsp3) is 0.929. The Hall–Kier alpha value is -0.610. The highest BCUT2D eigenvalue weighted by atomic mass is 16.2. The Labute approximate surface area is 111 Å². The summed E-state index contributed by atoms with van der Waals surface area (Å²) in [6, 6.07) is 0.184. The monoisotopic (exact) mass is 255 g/mol. The molecule has 0 aromatic rings. The molecule has 0 aromatic heterocycles. The third-order valence-electron chi connectivity index (χ3n) is 3.84. The van der Waals surface area contributed by atoms with Crippen molar-refractivity contribution < 1.29 is 4.79 Å². The number of carbonyl (C=O) groups is 1. The molecule has 1 aliphatic heterocycles. The van der Waals surface area contributed by atoms with Crippen LogP contribution in [0.4, 0.5) is 0 Å². The molecule has 0 saturated carbocycles. The van der Waals surface area contributed by atoms with Gasteiger partial charge in [-0.05, 0) is 45.1 Å². The SMILES string of the molecule is CC(C)CNC(=O)C(C)N1CCCC(C(C)N)C1. The second-order valence-electron chi connectivity index (χ2n) is 6.07. The van der Waals surface area contributed by atoms with Gasteiger partial charge < -0.3 is 11.1 Å². The van der Waals surface area contributed by atoms with Gasteiger partial charge in [0, 0.05) is 19.1 Å². The lowest BCUT2D eigenvalue weighted by Crippen LogP contribution is -2.51. The van der Waals surface area contributed by atoms with E-state index in [2.05, 4.69) is 31.0 Å². The molecule has 18 heavy (non-hydrogen) atoms. The maximum Gasteiger partial charge on any atom is 0.237 e. The lowest BCUT2D eigenvalue weighted by atomic mass is 9.91. The molecule has 3 N–H and O–H groups in total. The molecule has 0 spiro atoms. The number of nitrogens with zero attached hydrogens (tertiary/aromatic N) is 1. The van der Waals surface area contributed by atoms with Crippen molar-refractivity contribution in [1.29, 1.82) is 0 Å². The zero-order valence-electron chi connectivity index (χ0n) is 12.3. The van der Waals surface area contributed by atoms with E-state index in [1.807, 2.05) is 6.92 Å². The number of nitrogens with two attached hydrogens (primary N) is 1. The van der Waals surface area contributed by atoms with Crippen molar-refractivity contribution in [1.82, 2.24) is 10.2 Å². The van der Waals surface area contributed by atoms with Gasteiger partial charge in [-0.3, -0.25) is 9.69 Å². The van der Waals surface area contributed by atoms with Crippen LogP contribution >= 0.6 is 0 Å². The van der Waals surface area contributed by atoms with Crippen LogP contribution in [0.1, 0.15) is 40.5 Å². The normalized spacial score (nSPS) is 24.9. The van der Waals surface area contributed by atoms with Crippen LogP contribution in [-0.4, -0.2) is 42.5 Å². The minimum atomic E-state index is -0.0368. The van der Waals surface area contributed by atoms with Crippen molar-refractivity contribution in [2.45, 2.75) is 52.6 Å². The smallest absolute Gasteiger partial charge is 0.237 e. The first-order valence-corrected chi connectivity index (χ1v) is 7.19. The van der Waals surface area contributed by atoms with Gasteiger partial charge in [0.2, 0.25) is 5.91 Å². The molecule has 0 bridgehead atoms. The van der Waals surface area contributed by atoms with Gasteiger partial charge in [-0.2, -0.15) is 0 Å². The van der Waals surface area contributed by atoms with E-state index in [1.54, 1.807) is 0 Å². The first kappa shape index (κ1) is 15.4. The van der Waals surface area contributed by atoms with Crippen LogP contribution in [0.3, 0.4) is 0 Å². The lowest BCUT2D eigenvalue weighted by molar-refractivity contribution is -0.126. The molecule has 3 atom stereocenters. The molecular formula is C14H29N3O. The summed E-state index contributed by atoms with van der Waals surface area (Å²) in [4.78, 5) is 14.3. The van der Waals surface area contributed by atoms with Crippen LogP contribution in [0.2, 0.25) is 0 Å². The van der Waals surface area contributed by atoms with Gasteiger partial charge in [-0.15, -0.1) is 0 Å². The number of rotatable bonds is 5. The van der Waals surface area contributed by atoms with E-state index < -0.39 is 0 Å². The van der Waals surface area contributed by atoms with Gasteiger partial charge >= 0.3 is 0 Å². The zero-order valence-corrected chi connectivity index (χ0v) is 12.3. The average molecular weight is 255 g/mol. The molecule has 1 aliphatic rings. The average Bonchev–Trinajstić information content (AvgIpc) is 2.35. The first-order valence-electron chi connectivity index (χ1n) is 7.19. The Morgan fingerprint density at radius 1 is 1.39 bits per heavy atom. The lowest BCUT2D eigenvalue weighted by Gasteiger charge is -2.37. The van der Waals surface area contributed by atoms with Crippen molar-refractivity contribution >= 4 is 5.91 Å². The van der Waals surface area contributed by atoms with Crippen molar-refractivity contribution in [3.63, 3.8) is 0 Å². The molecule has 1 rings (SSSR count). The quantitative estimate of drug-likeness (QED) is 0.776. The molecule has 3 unspecified atom stereocenters. The van der Waals surface area contributed by atoms with E-state index in [4.69, 9.17) is 5.73 Å². The summed E-state index contributed by atoms with van der Waals surface area (Å²) in [7, 11) is 0. The highest BCUT2D eigenvalue weighted by Crippen LogP contribution is 2.20. The van der Waals surface area contributed by atoms with Crippen LogP contribution in [0, 0.1) is 11.8 Å². The first-order chi connectivity index (χ1) is 8.41. The van der Waals surface area contributed by atoms with Crippen LogP contribution in [0.25, 0.3) is 0 Å². The van der Waals surface area contributed by atoms with Gasteiger partial charge in [0.15, 0.2) is 0 Å². The van der Waals surface area contributed by atoms with Crippen LogP contribution in [0.15, 0.2) is 0 Å². The Balaban J connectivity index is 2.45. The van der Waals surface area contributed by atoms with Gasteiger partial charge in [0.1, 0.15) is 0 Å². The predicted octanol–water partition coefficient (Wildman–Crippen LogP) is 1.21. The molecule has 106 valence electrons. The number of hydrogen-bond acceptors (Lipinski definition) is 3. The van der Waals surface area contributed by atoms with Gasteiger partial charge in [0.25, 0.3) is 0 Å². The molecule has 1 amide bonds. The zero-order chi connectivity index (χ0) is 13.7. The molecular weight excluding hydrogens is 226 g/mol. The third kappa shape index (κ3) is 4.58. The standard InChI is InChI=1S/C14H29N3O/c1-10(2)8-16-14(18)12(4)17-7-5-6-13(9-17)11(3)15/h10-13H,5-9,15H2,1-4H3,(H,16,18). The van der Waals surface area contributed by atoms with Crippen LogP contribution in [0.5, 0.6) is 0 Å². The van der Waals surface area contributed by atoms with Gasteiger partial charge in [0.05, 0.1) is 6.04 Å². The molecule has 0 radical (unpaired) electrons. The molecule has 1 fully saturated rings. The van der Waals surface area contributed by atoms with Crippen molar-refractivity contribution in [2.24, 2.45) is 17.6 Å². The predicted molar refractivity (Wildman–Crippen MR) is 75.3 cm³/mol. The second-order valence-corrected chi connectivity index (χ2v) is 6.07. The van der Waals surface area contributed by atoms with E-state index in [0.717, 1.165) is 26.1 Å². The summed E-state index contributed by atoms with van der Waals surface area (Å²) in [5, 5.41) is 3.01.